The molecule has 1 nitrogen and oxygen atoms in total. The molecule has 0 spiro atoms. The molecule has 1 saturated heterocycles. The Morgan fingerprint density at radius 1 is 0.947 bits per heavy atom. The highest BCUT2D eigenvalue weighted by molar-refractivity contribution is 5.03. The lowest BCUT2D eigenvalue weighted by molar-refractivity contribution is -0.0769. The van der Waals surface area contributed by atoms with E-state index in [-0.39, 0.29) is 0 Å². The first-order valence-electron chi connectivity index (χ1n) is 8.75. The van der Waals surface area contributed by atoms with E-state index >= 15 is 0 Å². The molecule has 1 heterocycles. The first kappa shape index (κ1) is 12.7. The standard InChI is InChI=1S/C18H31N/c1-17(2)3-4-19-12-16(17)11-18-8-13-5-14(9-18)7-15(6-13)10-18/h13-16,19H,3-12H2,1-2H3. The molecule has 5 aliphatic rings. The van der Waals surface area contributed by atoms with Crippen LogP contribution in [0.25, 0.3) is 0 Å². The fourth-order valence-corrected chi connectivity index (χ4v) is 6.58. The Morgan fingerprint density at radius 3 is 2.05 bits per heavy atom. The van der Waals surface area contributed by atoms with Gasteiger partial charge in [0.1, 0.15) is 0 Å². The summed E-state index contributed by atoms with van der Waals surface area (Å²) in [5.41, 5.74) is 1.35. The molecule has 5 fully saturated rings. The number of hydrogen-bond acceptors (Lipinski definition) is 1. The van der Waals surface area contributed by atoms with Crippen LogP contribution in [0.15, 0.2) is 0 Å². The predicted molar refractivity (Wildman–Crippen MR) is 80.0 cm³/mol. The van der Waals surface area contributed by atoms with Gasteiger partial charge in [-0.05, 0) is 99.0 Å². The lowest BCUT2D eigenvalue weighted by Gasteiger charge is -2.59. The van der Waals surface area contributed by atoms with Crippen LogP contribution < -0.4 is 5.32 Å². The average Bonchev–Trinajstić information content (AvgIpc) is 2.30. The van der Waals surface area contributed by atoms with E-state index in [0.29, 0.717) is 5.41 Å². The van der Waals surface area contributed by atoms with Crippen molar-refractivity contribution in [3.05, 3.63) is 0 Å². The molecule has 1 N–H and O–H groups in total. The second-order valence-electron chi connectivity index (χ2n) is 9.26. The summed E-state index contributed by atoms with van der Waals surface area (Å²) >= 11 is 0. The van der Waals surface area contributed by atoms with Crippen LogP contribution in [-0.2, 0) is 0 Å². The average molecular weight is 261 g/mol. The van der Waals surface area contributed by atoms with Crippen molar-refractivity contribution >= 4 is 0 Å². The lowest BCUT2D eigenvalue weighted by Crippen LogP contribution is -2.50. The fraction of sp³-hybridized carbons (Fsp3) is 1.00. The molecule has 0 radical (unpaired) electrons. The van der Waals surface area contributed by atoms with Crippen molar-refractivity contribution in [2.24, 2.45) is 34.5 Å². The Labute approximate surface area is 118 Å². The van der Waals surface area contributed by atoms with Gasteiger partial charge >= 0.3 is 0 Å². The maximum atomic E-state index is 3.67. The molecule has 4 bridgehead atoms. The molecule has 108 valence electrons. The van der Waals surface area contributed by atoms with E-state index in [0.717, 1.165) is 29.1 Å². The van der Waals surface area contributed by atoms with E-state index in [1.807, 2.05) is 0 Å². The van der Waals surface area contributed by atoms with Crippen LogP contribution in [0.4, 0.5) is 0 Å². The van der Waals surface area contributed by atoms with Crippen LogP contribution in [0.5, 0.6) is 0 Å². The third-order valence-electron chi connectivity index (χ3n) is 7.29. The van der Waals surface area contributed by atoms with Crippen LogP contribution in [0.2, 0.25) is 0 Å². The number of rotatable bonds is 2. The van der Waals surface area contributed by atoms with E-state index in [9.17, 15) is 0 Å². The Morgan fingerprint density at radius 2 is 1.53 bits per heavy atom. The van der Waals surface area contributed by atoms with E-state index in [1.54, 1.807) is 38.5 Å². The van der Waals surface area contributed by atoms with Gasteiger partial charge in [-0.15, -0.1) is 0 Å². The molecule has 1 aliphatic heterocycles. The van der Waals surface area contributed by atoms with Gasteiger partial charge in [0, 0.05) is 0 Å². The fourth-order valence-electron chi connectivity index (χ4n) is 6.58. The molecule has 1 atom stereocenters. The highest BCUT2D eigenvalue weighted by Crippen LogP contribution is 2.63. The van der Waals surface area contributed by atoms with Gasteiger partial charge in [0.15, 0.2) is 0 Å². The van der Waals surface area contributed by atoms with Crippen LogP contribution in [-0.4, -0.2) is 13.1 Å². The summed E-state index contributed by atoms with van der Waals surface area (Å²) < 4.78 is 0. The molecule has 1 heteroatoms. The topological polar surface area (TPSA) is 12.0 Å². The van der Waals surface area contributed by atoms with Gasteiger partial charge in [-0.2, -0.15) is 0 Å². The summed E-state index contributed by atoms with van der Waals surface area (Å²) in [6, 6.07) is 0. The molecule has 0 aromatic carbocycles. The van der Waals surface area contributed by atoms with Gasteiger partial charge in [0.25, 0.3) is 0 Å². The molecule has 0 aromatic heterocycles. The first-order chi connectivity index (χ1) is 9.05. The molecule has 4 aliphatic carbocycles. The van der Waals surface area contributed by atoms with E-state index in [1.165, 1.54) is 25.9 Å². The van der Waals surface area contributed by atoms with E-state index < -0.39 is 0 Å². The van der Waals surface area contributed by atoms with Gasteiger partial charge in [-0.3, -0.25) is 0 Å². The van der Waals surface area contributed by atoms with Crippen molar-refractivity contribution in [2.75, 3.05) is 13.1 Å². The molecule has 4 saturated carbocycles. The second kappa shape index (κ2) is 4.23. The van der Waals surface area contributed by atoms with E-state index in [2.05, 4.69) is 19.2 Å². The minimum atomic E-state index is 0.578. The molecule has 19 heavy (non-hydrogen) atoms. The zero-order valence-corrected chi connectivity index (χ0v) is 12.9. The molecule has 0 aromatic rings. The highest BCUT2D eigenvalue weighted by atomic mass is 14.9. The van der Waals surface area contributed by atoms with Crippen molar-refractivity contribution in [2.45, 2.75) is 65.2 Å². The smallest absolute Gasteiger partial charge is 0.00152 e. The SMILES string of the molecule is CC1(C)CCNCC1CC12CC3CC(CC(C3)C1)C2. The quantitative estimate of drug-likeness (QED) is 0.784. The zero-order valence-electron chi connectivity index (χ0n) is 12.9. The molecular formula is C18H31N. The van der Waals surface area contributed by atoms with Gasteiger partial charge in [-0.25, -0.2) is 0 Å². The zero-order chi connectivity index (χ0) is 13.1. The molecule has 1 unspecified atom stereocenters. The van der Waals surface area contributed by atoms with Crippen molar-refractivity contribution in [1.29, 1.82) is 0 Å². The molecular weight excluding hydrogens is 230 g/mol. The Balaban J connectivity index is 1.52. The summed E-state index contributed by atoms with van der Waals surface area (Å²) in [4.78, 5) is 0. The van der Waals surface area contributed by atoms with Gasteiger partial charge in [0.2, 0.25) is 0 Å². The van der Waals surface area contributed by atoms with Gasteiger partial charge in [-0.1, -0.05) is 13.8 Å². The minimum Gasteiger partial charge on any atom is -0.316 e. The van der Waals surface area contributed by atoms with Crippen LogP contribution >= 0.6 is 0 Å². The largest absolute Gasteiger partial charge is 0.316 e. The normalized spacial score (nSPS) is 51.5. The second-order valence-corrected chi connectivity index (χ2v) is 9.26. The molecule has 5 rings (SSSR count). The molecule has 0 amide bonds. The number of hydrogen-bond donors (Lipinski definition) is 1. The predicted octanol–water partition coefficient (Wildman–Crippen LogP) is 4.23. The monoisotopic (exact) mass is 261 g/mol. The highest BCUT2D eigenvalue weighted by Gasteiger charge is 2.52. The Bertz CT molecular complexity index is 321. The Hall–Kier alpha value is -0.0400. The van der Waals surface area contributed by atoms with Gasteiger partial charge < -0.3 is 5.32 Å². The summed E-state index contributed by atoms with van der Waals surface area (Å²) in [7, 11) is 0. The van der Waals surface area contributed by atoms with Crippen molar-refractivity contribution in [3.8, 4) is 0 Å². The maximum Gasteiger partial charge on any atom is -0.00152 e. The maximum absolute atomic E-state index is 3.67. The Kier molecular flexibility index (Phi) is 2.82. The summed E-state index contributed by atoms with van der Waals surface area (Å²) in [6.07, 6.45) is 12.5. The summed E-state index contributed by atoms with van der Waals surface area (Å²) in [5.74, 6) is 4.28. The van der Waals surface area contributed by atoms with E-state index in [4.69, 9.17) is 0 Å². The van der Waals surface area contributed by atoms with Gasteiger partial charge in [0.05, 0.1) is 0 Å². The van der Waals surface area contributed by atoms with Crippen LogP contribution in [0, 0.1) is 34.5 Å². The first-order valence-corrected chi connectivity index (χ1v) is 8.75. The van der Waals surface area contributed by atoms with Crippen molar-refractivity contribution < 1.29 is 0 Å². The third-order valence-corrected chi connectivity index (χ3v) is 7.29. The third kappa shape index (κ3) is 2.17. The van der Waals surface area contributed by atoms with Crippen LogP contribution in [0.1, 0.15) is 65.2 Å². The number of nitrogens with one attached hydrogen (secondary N) is 1. The lowest BCUT2D eigenvalue weighted by atomic mass is 9.47. The minimum absolute atomic E-state index is 0.578. The van der Waals surface area contributed by atoms with Crippen LogP contribution in [0.3, 0.4) is 0 Å². The summed E-state index contributed by atoms with van der Waals surface area (Å²) in [6.45, 7) is 7.58. The summed E-state index contributed by atoms with van der Waals surface area (Å²) in [5, 5.41) is 3.67. The van der Waals surface area contributed by atoms with Crippen molar-refractivity contribution in [1.82, 2.24) is 5.32 Å². The number of piperidine rings is 1. The van der Waals surface area contributed by atoms with Crippen molar-refractivity contribution in [3.63, 3.8) is 0 Å².